The highest BCUT2D eigenvalue weighted by molar-refractivity contribution is 5.42. The molecule has 4 nitrogen and oxygen atoms in total. The summed E-state index contributed by atoms with van der Waals surface area (Å²) in [6.45, 7) is 7.64. The first-order valence-corrected chi connectivity index (χ1v) is 7.03. The van der Waals surface area contributed by atoms with E-state index in [0.717, 1.165) is 30.8 Å². The molecule has 0 aliphatic carbocycles. The summed E-state index contributed by atoms with van der Waals surface area (Å²) in [6, 6.07) is 4.28. The van der Waals surface area contributed by atoms with Crippen LogP contribution >= 0.6 is 0 Å². The van der Waals surface area contributed by atoms with Gasteiger partial charge in [0.2, 0.25) is 0 Å². The number of methoxy groups -OCH3 is 1. The quantitative estimate of drug-likeness (QED) is 0.786. The third-order valence-corrected chi connectivity index (χ3v) is 3.47. The molecule has 1 N–H and O–H groups in total. The molecule has 1 aromatic heterocycles. The van der Waals surface area contributed by atoms with Crippen LogP contribution in [-0.2, 0) is 4.74 Å². The average Bonchev–Trinajstić information content (AvgIpc) is 2.43. The highest BCUT2D eigenvalue weighted by Gasteiger charge is 2.17. The molecular weight excluding hydrogens is 240 g/mol. The van der Waals surface area contributed by atoms with E-state index in [-0.39, 0.29) is 0 Å². The zero-order valence-corrected chi connectivity index (χ0v) is 12.5. The number of aromatic nitrogens is 1. The van der Waals surface area contributed by atoms with Crippen LogP contribution in [0, 0.1) is 0 Å². The van der Waals surface area contributed by atoms with Crippen LogP contribution < -0.4 is 4.90 Å². The second-order valence-electron chi connectivity index (χ2n) is 4.78. The highest BCUT2D eigenvalue weighted by atomic mass is 16.5. The third-order valence-electron chi connectivity index (χ3n) is 3.47. The van der Waals surface area contributed by atoms with Crippen LogP contribution in [0.2, 0.25) is 0 Å². The van der Waals surface area contributed by atoms with Crippen molar-refractivity contribution < 1.29 is 9.84 Å². The van der Waals surface area contributed by atoms with Crippen LogP contribution in [-0.4, -0.2) is 36.4 Å². The smallest absolute Gasteiger partial charge is 0.129 e. The monoisotopic (exact) mass is 266 g/mol. The van der Waals surface area contributed by atoms with Crippen molar-refractivity contribution in [1.29, 1.82) is 0 Å². The largest absolute Gasteiger partial charge is 0.389 e. The second kappa shape index (κ2) is 8.12. The first kappa shape index (κ1) is 15.9. The molecule has 1 aromatic rings. The number of ether oxygens (including phenoxy) is 1. The number of rotatable bonds is 8. The van der Waals surface area contributed by atoms with Crippen molar-refractivity contribution in [2.24, 2.45) is 0 Å². The van der Waals surface area contributed by atoms with Crippen molar-refractivity contribution in [3.63, 3.8) is 0 Å². The maximum Gasteiger partial charge on any atom is 0.129 e. The summed E-state index contributed by atoms with van der Waals surface area (Å²) >= 11 is 0. The Morgan fingerprint density at radius 3 is 2.58 bits per heavy atom. The molecule has 1 rings (SSSR count). The van der Waals surface area contributed by atoms with Crippen LogP contribution in [0.1, 0.15) is 45.3 Å². The SMILES string of the molecule is CCC(CC)N(CCOC)c1cc([C@H](C)O)ccn1. The van der Waals surface area contributed by atoms with E-state index in [2.05, 4.69) is 23.7 Å². The van der Waals surface area contributed by atoms with Gasteiger partial charge in [-0.3, -0.25) is 0 Å². The first-order valence-electron chi connectivity index (χ1n) is 7.03. The molecule has 1 heterocycles. The van der Waals surface area contributed by atoms with E-state index >= 15 is 0 Å². The van der Waals surface area contributed by atoms with Gasteiger partial charge in [0.15, 0.2) is 0 Å². The summed E-state index contributed by atoms with van der Waals surface area (Å²) in [5, 5.41) is 9.69. The molecule has 0 aromatic carbocycles. The number of nitrogens with zero attached hydrogens (tertiary/aromatic N) is 2. The lowest BCUT2D eigenvalue weighted by atomic mass is 10.1. The lowest BCUT2D eigenvalue weighted by Gasteiger charge is -2.31. The number of pyridine rings is 1. The fourth-order valence-electron chi connectivity index (χ4n) is 2.25. The summed E-state index contributed by atoms with van der Waals surface area (Å²) in [7, 11) is 1.71. The lowest BCUT2D eigenvalue weighted by Crippen LogP contribution is -2.37. The Balaban J connectivity index is 2.98. The van der Waals surface area contributed by atoms with E-state index < -0.39 is 6.10 Å². The van der Waals surface area contributed by atoms with Gasteiger partial charge in [-0.2, -0.15) is 0 Å². The van der Waals surface area contributed by atoms with Gasteiger partial charge in [-0.15, -0.1) is 0 Å². The normalized spacial score (nSPS) is 12.7. The van der Waals surface area contributed by atoms with Gasteiger partial charge in [-0.1, -0.05) is 13.8 Å². The van der Waals surface area contributed by atoms with Gasteiger partial charge < -0.3 is 14.7 Å². The molecule has 0 amide bonds. The van der Waals surface area contributed by atoms with Crippen LogP contribution in [0.3, 0.4) is 0 Å². The molecule has 0 fully saturated rings. The molecule has 0 aliphatic heterocycles. The van der Waals surface area contributed by atoms with E-state index in [1.54, 1.807) is 20.2 Å². The predicted molar refractivity (Wildman–Crippen MR) is 78.5 cm³/mol. The summed E-state index contributed by atoms with van der Waals surface area (Å²) in [5.74, 6) is 0.921. The highest BCUT2D eigenvalue weighted by Crippen LogP contribution is 2.21. The Bertz CT molecular complexity index is 365. The van der Waals surface area contributed by atoms with Crippen molar-refractivity contribution in [3.05, 3.63) is 23.9 Å². The molecule has 4 heteroatoms. The van der Waals surface area contributed by atoms with Gasteiger partial charge in [0.25, 0.3) is 0 Å². The minimum Gasteiger partial charge on any atom is -0.389 e. The van der Waals surface area contributed by atoms with Gasteiger partial charge in [-0.25, -0.2) is 4.98 Å². The van der Waals surface area contributed by atoms with Crippen molar-refractivity contribution in [2.75, 3.05) is 25.2 Å². The van der Waals surface area contributed by atoms with Crippen molar-refractivity contribution >= 4 is 5.82 Å². The van der Waals surface area contributed by atoms with E-state index in [0.29, 0.717) is 12.6 Å². The lowest BCUT2D eigenvalue weighted by molar-refractivity contribution is 0.198. The van der Waals surface area contributed by atoms with E-state index in [1.807, 2.05) is 12.1 Å². The summed E-state index contributed by atoms with van der Waals surface area (Å²) in [6.07, 6.45) is 3.44. The molecule has 0 unspecified atom stereocenters. The Labute approximate surface area is 116 Å². The van der Waals surface area contributed by atoms with Gasteiger partial charge in [-0.05, 0) is 37.5 Å². The van der Waals surface area contributed by atoms with Gasteiger partial charge in [0.1, 0.15) is 5.82 Å². The predicted octanol–water partition coefficient (Wildman–Crippen LogP) is 2.78. The fourth-order valence-corrected chi connectivity index (χ4v) is 2.25. The van der Waals surface area contributed by atoms with Crippen molar-refractivity contribution in [2.45, 2.75) is 45.8 Å². The van der Waals surface area contributed by atoms with Gasteiger partial charge in [0, 0.05) is 25.9 Å². The molecule has 1 atom stereocenters. The number of aliphatic hydroxyl groups excluding tert-OH is 1. The third kappa shape index (κ3) is 4.48. The van der Waals surface area contributed by atoms with Crippen molar-refractivity contribution in [1.82, 2.24) is 4.98 Å². The fraction of sp³-hybridized carbons (Fsp3) is 0.667. The Morgan fingerprint density at radius 1 is 1.37 bits per heavy atom. The molecule has 19 heavy (non-hydrogen) atoms. The molecule has 0 radical (unpaired) electrons. The molecule has 0 saturated heterocycles. The van der Waals surface area contributed by atoms with Gasteiger partial charge >= 0.3 is 0 Å². The van der Waals surface area contributed by atoms with Gasteiger partial charge in [0.05, 0.1) is 12.7 Å². The van der Waals surface area contributed by atoms with E-state index in [9.17, 15) is 5.11 Å². The molecule has 0 bridgehead atoms. The molecular formula is C15H26N2O2. The van der Waals surface area contributed by atoms with Crippen LogP contribution in [0.25, 0.3) is 0 Å². The van der Waals surface area contributed by atoms with E-state index in [1.165, 1.54) is 0 Å². The zero-order chi connectivity index (χ0) is 14.3. The Hall–Kier alpha value is -1.13. The summed E-state index contributed by atoms with van der Waals surface area (Å²) < 4.78 is 5.19. The second-order valence-corrected chi connectivity index (χ2v) is 4.78. The zero-order valence-electron chi connectivity index (χ0n) is 12.5. The van der Waals surface area contributed by atoms with E-state index in [4.69, 9.17) is 4.74 Å². The molecule has 108 valence electrons. The van der Waals surface area contributed by atoms with Crippen molar-refractivity contribution in [3.8, 4) is 0 Å². The maximum atomic E-state index is 9.69. The van der Waals surface area contributed by atoms with Crippen LogP contribution in [0.4, 0.5) is 5.82 Å². The minimum atomic E-state index is -0.465. The summed E-state index contributed by atoms with van der Waals surface area (Å²) in [5.41, 5.74) is 0.901. The molecule has 0 aliphatic rings. The maximum absolute atomic E-state index is 9.69. The first-order chi connectivity index (χ1) is 9.13. The average molecular weight is 266 g/mol. The number of anilines is 1. The molecule has 0 spiro atoms. The topological polar surface area (TPSA) is 45.6 Å². The molecule has 0 saturated carbocycles. The van der Waals surface area contributed by atoms with Crippen LogP contribution in [0.5, 0.6) is 0 Å². The summed E-state index contributed by atoms with van der Waals surface area (Å²) in [4.78, 5) is 6.72. The number of hydrogen-bond acceptors (Lipinski definition) is 4. The standard InChI is InChI=1S/C15H26N2O2/c1-5-14(6-2)17(9-10-19-4)15-11-13(12(3)18)7-8-16-15/h7-8,11-12,14,18H,5-6,9-10H2,1-4H3/t12-/m0/s1. The number of aliphatic hydroxyl groups is 1. The minimum absolute atomic E-state index is 0.451. The Morgan fingerprint density at radius 2 is 2.05 bits per heavy atom. The number of hydrogen-bond donors (Lipinski definition) is 1. The Kier molecular flexibility index (Phi) is 6.81. The van der Waals surface area contributed by atoms with Crippen LogP contribution in [0.15, 0.2) is 18.3 Å².